The first kappa shape index (κ1) is 25.5. The minimum Gasteiger partial charge on any atom is -0.494 e. The summed E-state index contributed by atoms with van der Waals surface area (Å²) in [5.41, 5.74) is 0.781. The average Bonchev–Trinajstić information content (AvgIpc) is 3.50. The second kappa shape index (κ2) is 14.9. The summed E-state index contributed by atoms with van der Waals surface area (Å²) in [4.78, 5) is 2.58. The number of azo groups is 1. The Hall–Kier alpha value is -2.12. The van der Waals surface area contributed by atoms with Crippen LogP contribution in [0.25, 0.3) is 9.88 Å². The number of rotatable bonds is 16. The van der Waals surface area contributed by atoms with Crippen molar-refractivity contribution in [3.63, 3.8) is 0 Å². The monoisotopic (exact) mass is 484 g/mol. The molecule has 0 aliphatic heterocycles. The zero-order valence-corrected chi connectivity index (χ0v) is 21.6. The predicted octanol–water partition coefficient (Wildman–Crippen LogP) is 9.54. The van der Waals surface area contributed by atoms with Crippen molar-refractivity contribution in [2.45, 2.75) is 84.5 Å². The summed E-state index contributed by atoms with van der Waals surface area (Å²) < 4.78 is 5.81. The van der Waals surface area contributed by atoms with Crippen molar-refractivity contribution in [3.05, 3.63) is 41.3 Å². The van der Waals surface area contributed by atoms with Crippen molar-refractivity contribution in [1.29, 1.82) is 0 Å². The summed E-state index contributed by atoms with van der Waals surface area (Å²) in [6.45, 7) is 5.25. The van der Waals surface area contributed by atoms with Crippen LogP contribution in [0.4, 0.5) is 10.8 Å². The van der Waals surface area contributed by atoms with Gasteiger partial charge in [-0.3, -0.25) is 0 Å². The van der Waals surface area contributed by atoms with Gasteiger partial charge in [-0.15, -0.1) is 31.8 Å². The first-order chi connectivity index (χ1) is 16.3. The molecular weight excluding hydrogens is 448 g/mol. The molecule has 0 aliphatic carbocycles. The zero-order valence-electron chi connectivity index (χ0n) is 20.0. The van der Waals surface area contributed by atoms with Crippen LogP contribution in [-0.2, 0) is 6.42 Å². The number of ether oxygens (including phenoxy) is 1. The molecule has 0 amide bonds. The molecule has 5 nitrogen and oxygen atoms in total. The highest BCUT2D eigenvalue weighted by molar-refractivity contribution is 7.23. The van der Waals surface area contributed by atoms with Crippen LogP contribution in [0.2, 0.25) is 0 Å². The van der Waals surface area contributed by atoms with Gasteiger partial charge in [0, 0.05) is 4.88 Å². The molecule has 0 radical (unpaired) electrons. The number of thiophene rings is 1. The standard InChI is InChI=1S/C26H36N4OS2/c1-3-5-7-9-11-13-23-18-19-24(32-23)25-28-30-26(33-25)29-27-21-14-16-22(17-15-21)31-20-12-10-8-6-4-2/h14-19H,3-13,20H2,1-2H3. The van der Waals surface area contributed by atoms with Crippen LogP contribution >= 0.6 is 22.7 Å². The van der Waals surface area contributed by atoms with Crippen molar-refractivity contribution in [1.82, 2.24) is 10.2 Å². The van der Waals surface area contributed by atoms with Gasteiger partial charge in [-0.2, -0.15) is 0 Å². The van der Waals surface area contributed by atoms with E-state index in [9.17, 15) is 0 Å². The Labute approximate surface area is 206 Å². The lowest BCUT2D eigenvalue weighted by Crippen LogP contribution is -1.96. The maximum Gasteiger partial charge on any atom is 0.252 e. The second-order valence-corrected chi connectivity index (χ2v) is 10.4. The Morgan fingerprint density at radius 1 is 0.727 bits per heavy atom. The number of aryl methyl sites for hydroxylation is 1. The fourth-order valence-corrected chi connectivity index (χ4v) is 5.26. The summed E-state index contributed by atoms with van der Waals surface area (Å²) in [6.07, 6.45) is 13.9. The summed E-state index contributed by atoms with van der Waals surface area (Å²) in [5.74, 6) is 0.876. The van der Waals surface area contributed by atoms with Gasteiger partial charge in [0.15, 0.2) is 5.01 Å². The van der Waals surface area contributed by atoms with E-state index in [1.807, 2.05) is 35.6 Å². The van der Waals surface area contributed by atoms with Crippen LogP contribution in [0.1, 0.15) is 82.9 Å². The molecule has 2 aromatic heterocycles. The van der Waals surface area contributed by atoms with E-state index >= 15 is 0 Å². The lowest BCUT2D eigenvalue weighted by atomic mass is 10.1. The van der Waals surface area contributed by atoms with Gasteiger partial charge in [-0.05, 0) is 55.7 Å². The molecule has 2 heterocycles. The molecule has 7 heteroatoms. The second-order valence-electron chi connectivity index (χ2n) is 8.28. The highest BCUT2D eigenvalue weighted by atomic mass is 32.1. The summed E-state index contributed by atoms with van der Waals surface area (Å²) in [6, 6.07) is 12.1. The van der Waals surface area contributed by atoms with Gasteiger partial charge in [-0.1, -0.05) is 76.6 Å². The third-order valence-corrected chi connectivity index (χ3v) is 7.54. The Morgan fingerprint density at radius 3 is 2.21 bits per heavy atom. The molecule has 33 heavy (non-hydrogen) atoms. The van der Waals surface area contributed by atoms with E-state index in [1.165, 1.54) is 74.0 Å². The Bertz CT molecular complexity index is 949. The van der Waals surface area contributed by atoms with Crippen molar-refractivity contribution in [3.8, 4) is 15.6 Å². The highest BCUT2D eigenvalue weighted by Gasteiger charge is 2.09. The molecule has 3 rings (SSSR count). The van der Waals surface area contributed by atoms with Crippen LogP contribution in [0.15, 0.2) is 46.6 Å². The van der Waals surface area contributed by atoms with Crippen LogP contribution in [0.3, 0.4) is 0 Å². The third kappa shape index (κ3) is 9.33. The van der Waals surface area contributed by atoms with E-state index in [1.54, 1.807) is 0 Å². The summed E-state index contributed by atoms with van der Waals surface area (Å²) >= 11 is 3.29. The van der Waals surface area contributed by atoms with Gasteiger partial charge < -0.3 is 4.74 Å². The Balaban J connectivity index is 1.44. The molecule has 0 saturated heterocycles. The summed E-state index contributed by atoms with van der Waals surface area (Å²) in [7, 11) is 0. The van der Waals surface area contributed by atoms with E-state index in [2.05, 4.69) is 46.4 Å². The Kier molecular flexibility index (Phi) is 11.5. The van der Waals surface area contributed by atoms with Crippen molar-refractivity contribution in [2.75, 3.05) is 6.61 Å². The van der Waals surface area contributed by atoms with Crippen molar-refractivity contribution >= 4 is 33.5 Å². The van der Waals surface area contributed by atoms with Crippen LogP contribution in [-0.4, -0.2) is 16.8 Å². The van der Waals surface area contributed by atoms with Gasteiger partial charge in [-0.25, -0.2) is 0 Å². The average molecular weight is 485 g/mol. The molecular formula is C26H36N4OS2. The lowest BCUT2D eigenvalue weighted by Gasteiger charge is -2.05. The normalized spacial score (nSPS) is 11.5. The molecule has 178 valence electrons. The first-order valence-electron chi connectivity index (χ1n) is 12.4. The molecule has 0 N–H and O–H groups in total. The predicted molar refractivity (Wildman–Crippen MR) is 141 cm³/mol. The number of benzene rings is 1. The molecule has 0 aliphatic rings. The van der Waals surface area contributed by atoms with E-state index < -0.39 is 0 Å². The van der Waals surface area contributed by atoms with E-state index in [4.69, 9.17) is 4.74 Å². The zero-order chi connectivity index (χ0) is 23.1. The largest absolute Gasteiger partial charge is 0.494 e. The van der Waals surface area contributed by atoms with Crippen LogP contribution in [0, 0.1) is 0 Å². The molecule has 0 saturated carbocycles. The van der Waals surface area contributed by atoms with Gasteiger partial charge in [0.1, 0.15) is 5.75 Å². The fourth-order valence-electron chi connectivity index (χ4n) is 3.49. The number of nitrogens with zero attached hydrogens (tertiary/aromatic N) is 4. The van der Waals surface area contributed by atoms with E-state index in [0.717, 1.165) is 40.8 Å². The quantitative estimate of drug-likeness (QED) is 0.150. The molecule has 0 bridgehead atoms. The molecule has 0 fully saturated rings. The minimum atomic E-state index is 0.576. The number of unbranched alkanes of at least 4 members (excludes halogenated alkanes) is 8. The maximum absolute atomic E-state index is 5.81. The van der Waals surface area contributed by atoms with Crippen LogP contribution < -0.4 is 4.74 Å². The number of hydrogen-bond acceptors (Lipinski definition) is 7. The number of hydrogen-bond donors (Lipinski definition) is 0. The molecule has 0 unspecified atom stereocenters. The molecule has 0 spiro atoms. The van der Waals surface area contributed by atoms with Crippen molar-refractivity contribution in [2.24, 2.45) is 10.2 Å². The van der Waals surface area contributed by atoms with Gasteiger partial charge in [0.25, 0.3) is 5.13 Å². The maximum atomic E-state index is 5.81. The van der Waals surface area contributed by atoms with Gasteiger partial charge in [0.2, 0.25) is 0 Å². The smallest absolute Gasteiger partial charge is 0.252 e. The molecule has 3 aromatic rings. The molecule has 0 atom stereocenters. The topological polar surface area (TPSA) is 59.7 Å². The SMILES string of the molecule is CCCCCCCOc1ccc(N=Nc2nnc(-c3ccc(CCCCCCC)s3)s2)cc1. The number of aromatic nitrogens is 2. The highest BCUT2D eigenvalue weighted by Crippen LogP contribution is 2.34. The summed E-state index contributed by atoms with van der Waals surface area (Å²) in [5, 5.41) is 18.6. The van der Waals surface area contributed by atoms with Gasteiger partial charge >= 0.3 is 0 Å². The molecule has 1 aromatic carbocycles. The first-order valence-corrected chi connectivity index (χ1v) is 14.0. The van der Waals surface area contributed by atoms with Crippen molar-refractivity contribution < 1.29 is 4.74 Å². The third-order valence-electron chi connectivity index (χ3n) is 5.42. The van der Waals surface area contributed by atoms with E-state index in [-0.39, 0.29) is 0 Å². The van der Waals surface area contributed by atoms with Gasteiger partial charge in [0.05, 0.1) is 17.2 Å². The van der Waals surface area contributed by atoms with Crippen LogP contribution in [0.5, 0.6) is 5.75 Å². The minimum absolute atomic E-state index is 0.576. The fraction of sp³-hybridized carbons (Fsp3) is 0.538. The Morgan fingerprint density at radius 2 is 1.45 bits per heavy atom. The van der Waals surface area contributed by atoms with E-state index in [0.29, 0.717) is 5.13 Å². The lowest BCUT2D eigenvalue weighted by molar-refractivity contribution is 0.304.